The SMILES string of the molecule is C=CCOP(=O)(O)CC=C. The first-order chi connectivity index (χ1) is 4.62. The van der Waals surface area contributed by atoms with Crippen LogP contribution in [-0.2, 0) is 9.09 Å². The molecule has 0 aliphatic rings. The molecule has 0 aliphatic heterocycles. The predicted molar refractivity (Wildman–Crippen MR) is 41.0 cm³/mol. The Bertz CT molecular complexity index is 164. The van der Waals surface area contributed by atoms with Gasteiger partial charge in [0.15, 0.2) is 0 Å². The quantitative estimate of drug-likeness (QED) is 0.493. The van der Waals surface area contributed by atoms with E-state index in [1.807, 2.05) is 0 Å². The number of hydrogen-bond acceptors (Lipinski definition) is 2. The van der Waals surface area contributed by atoms with Crippen LogP contribution < -0.4 is 0 Å². The highest BCUT2D eigenvalue weighted by Gasteiger charge is 2.14. The second-order valence-corrected chi connectivity index (χ2v) is 3.59. The van der Waals surface area contributed by atoms with Crippen molar-refractivity contribution in [3.05, 3.63) is 25.3 Å². The van der Waals surface area contributed by atoms with Crippen molar-refractivity contribution in [3.8, 4) is 0 Å². The van der Waals surface area contributed by atoms with Crippen molar-refractivity contribution >= 4 is 7.60 Å². The zero-order chi connectivity index (χ0) is 8.04. The Balaban J connectivity index is 3.74. The van der Waals surface area contributed by atoms with E-state index < -0.39 is 7.60 Å². The first-order valence-corrected chi connectivity index (χ1v) is 4.57. The van der Waals surface area contributed by atoms with Gasteiger partial charge in [-0.05, 0) is 0 Å². The molecule has 0 fully saturated rings. The van der Waals surface area contributed by atoms with Crippen LogP contribution in [0.4, 0.5) is 0 Å². The monoisotopic (exact) mass is 162 g/mol. The molecular weight excluding hydrogens is 151 g/mol. The summed E-state index contributed by atoms with van der Waals surface area (Å²) in [7, 11) is -3.40. The van der Waals surface area contributed by atoms with E-state index >= 15 is 0 Å². The molecule has 0 saturated carbocycles. The lowest BCUT2D eigenvalue weighted by Gasteiger charge is -2.06. The van der Waals surface area contributed by atoms with Gasteiger partial charge in [0.2, 0.25) is 0 Å². The van der Waals surface area contributed by atoms with Crippen LogP contribution in [0.15, 0.2) is 25.3 Å². The van der Waals surface area contributed by atoms with Crippen molar-refractivity contribution in [3.63, 3.8) is 0 Å². The van der Waals surface area contributed by atoms with Crippen LogP contribution in [0, 0.1) is 0 Å². The fourth-order valence-corrected chi connectivity index (χ4v) is 1.16. The smallest absolute Gasteiger partial charge is 0.324 e. The van der Waals surface area contributed by atoms with Crippen molar-refractivity contribution in [2.45, 2.75) is 0 Å². The average Bonchev–Trinajstić information content (AvgIpc) is 1.84. The Labute approximate surface area is 60.6 Å². The maximum Gasteiger partial charge on any atom is 0.332 e. The normalized spacial score (nSPS) is 15.7. The zero-order valence-corrected chi connectivity index (χ0v) is 6.59. The molecule has 1 atom stereocenters. The third-order valence-electron chi connectivity index (χ3n) is 0.754. The van der Waals surface area contributed by atoms with Gasteiger partial charge in [0.25, 0.3) is 0 Å². The van der Waals surface area contributed by atoms with Crippen LogP contribution in [0.1, 0.15) is 0 Å². The predicted octanol–water partition coefficient (Wildman–Crippen LogP) is 1.56. The van der Waals surface area contributed by atoms with Gasteiger partial charge < -0.3 is 9.42 Å². The molecule has 58 valence electrons. The van der Waals surface area contributed by atoms with Crippen LogP contribution >= 0.6 is 7.60 Å². The summed E-state index contributed by atoms with van der Waals surface area (Å²) in [6, 6.07) is 0. The molecule has 0 aromatic rings. The molecule has 0 rings (SSSR count). The lowest BCUT2D eigenvalue weighted by molar-refractivity contribution is 0.290. The Morgan fingerprint density at radius 1 is 1.50 bits per heavy atom. The van der Waals surface area contributed by atoms with Gasteiger partial charge in [0.1, 0.15) is 0 Å². The third kappa shape index (κ3) is 4.50. The number of hydrogen-bond donors (Lipinski definition) is 1. The van der Waals surface area contributed by atoms with E-state index in [2.05, 4.69) is 17.7 Å². The molecular formula is C6H11O3P. The second kappa shape index (κ2) is 4.45. The molecule has 0 aliphatic carbocycles. The summed E-state index contributed by atoms with van der Waals surface area (Å²) < 4.78 is 15.3. The highest BCUT2D eigenvalue weighted by Crippen LogP contribution is 2.41. The molecule has 0 aromatic heterocycles. The summed E-state index contributed by atoms with van der Waals surface area (Å²) in [5.74, 6) is 0. The van der Waals surface area contributed by atoms with E-state index in [9.17, 15) is 4.57 Å². The summed E-state index contributed by atoms with van der Waals surface area (Å²) in [5.41, 5.74) is 0. The van der Waals surface area contributed by atoms with Gasteiger partial charge in [-0.15, -0.1) is 13.2 Å². The van der Waals surface area contributed by atoms with Crippen LogP contribution in [-0.4, -0.2) is 17.7 Å². The minimum absolute atomic E-state index is 0.0131. The first-order valence-electron chi connectivity index (χ1n) is 2.80. The van der Waals surface area contributed by atoms with E-state index in [1.54, 1.807) is 0 Å². The standard InChI is InChI=1S/C6H11O3P/c1-3-5-9-10(7,8)6-4-2/h3-4H,1-2,5-6H2,(H,7,8). The number of allylic oxidation sites excluding steroid dienone is 1. The lowest BCUT2D eigenvalue weighted by atomic mass is 10.7. The van der Waals surface area contributed by atoms with Gasteiger partial charge >= 0.3 is 7.60 Å². The average molecular weight is 162 g/mol. The summed E-state index contributed by atoms with van der Waals surface area (Å²) in [6.45, 7) is 6.76. The van der Waals surface area contributed by atoms with Gasteiger partial charge in [-0.3, -0.25) is 4.57 Å². The van der Waals surface area contributed by atoms with Gasteiger partial charge in [-0.25, -0.2) is 0 Å². The molecule has 3 nitrogen and oxygen atoms in total. The molecule has 0 heterocycles. The van der Waals surface area contributed by atoms with E-state index in [0.717, 1.165) is 0 Å². The van der Waals surface area contributed by atoms with Gasteiger partial charge in [0, 0.05) is 0 Å². The Kier molecular flexibility index (Phi) is 4.28. The van der Waals surface area contributed by atoms with Crippen LogP contribution in [0.3, 0.4) is 0 Å². The molecule has 1 unspecified atom stereocenters. The molecule has 10 heavy (non-hydrogen) atoms. The maximum atomic E-state index is 10.8. The molecule has 0 aromatic carbocycles. The third-order valence-corrected chi connectivity index (χ3v) is 2.03. The molecule has 4 heteroatoms. The van der Waals surface area contributed by atoms with E-state index in [4.69, 9.17) is 4.89 Å². The molecule has 0 radical (unpaired) electrons. The summed E-state index contributed by atoms with van der Waals surface area (Å²) in [6.07, 6.45) is 2.76. The zero-order valence-electron chi connectivity index (χ0n) is 5.69. The molecule has 1 N–H and O–H groups in total. The molecule has 0 bridgehead atoms. The van der Waals surface area contributed by atoms with Crippen LogP contribution in [0.2, 0.25) is 0 Å². The Morgan fingerprint density at radius 3 is 2.50 bits per heavy atom. The topological polar surface area (TPSA) is 46.5 Å². The largest absolute Gasteiger partial charge is 0.332 e. The van der Waals surface area contributed by atoms with Gasteiger partial charge in [0.05, 0.1) is 12.8 Å². The summed E-state index contributed by atoms with van der Waals surface area (Å²) in [5, 5.41) is 0. The minimum atomic E-state index is -3.40. The summed E-state index contributed by atoms with van der Waals surface area (Å²) >= 11 is 0. The summed E-state index contributed by atoms with van der Waals surface area (Å²) in [4.78, 5) is 8.86. The Morgan fingerprint density at radius 2 is 2.10 bits per heavy atom. The molecule has 0 amide bonds. The highest BCUT2D eigenvalue weighted by molar-refractivity contribution is 7.53. The fourth-order valence-electron chi connectivity index (χ4n) is 0.385. The first kappa shape index (κ1) is 9.63. The van der Waals surface area contributed by atoms with Crippen molar-refractivity contribution in [2.75, 3.05) is 12.8 Å². The van der Waals surface area contributed by atoms with E-state index in [-0.39, 0.29) is 12.8 Å². The van der Waals surface area contributed by atoms with Crippen molar-refractivity contribution in [2.24, 2.45) is 0 Å². The highest BCUT2D eigenvalue weighted by atomic mass is 31.2. The van der Waals surface area contributed by atoms with Crippen LogP contribution in [0.25, 0.3) is 0 Å². The fraction of sp³-hybridized carbons (Fsp3) is 0.333. The van der Waals surface area contributed by atoms with E-state index in [0.29, 0.717) is 0 Å². The lowest BCUT2D eigenvalue weighted by Crippen LogP contribution is -1.91. The number of rotatable bonds is 5. The van der Waals surface area contributed by atoms with Crippen LogP contribution in [0.5, 0.6) is 0 Å². The molecule has 0 saturated heterocycles. The van der Waals surface area contributed by atoms with Gasteiger partial charge in [-0.2, -0.15) is 0 Å². The molecule has 0 spiro atoms. The van der Waals surface area contributed by atoms with E-state index in [1.165, 1.54) is 12.2 Å². The van der Waals surface area contributed by atoms with Crippen molar-refractivity contribution in [1.82, 2.24) is 0 Å². The minimum Gasteiger partial charge on any atom is -0.324 e. The van der Waals surface area contributed by atoms with Crippen molar-refractivity contribution in [1.29, 1.82) is 0 Å². The maximum absolute atomic E-state index is 10.8. The Hall–Kier alpha value is -0.370. The second-order valence-electron chi connectivity index (χ2n) is 1.69. The van der Waals surface area contributed by atoms with Crippen molar-refractivity contribution < 1.29 is 14.0 Å². The van der Waals surface area contributed by atoms with Gasteiger partial charge in [-0.1, -0.05) is 12.2 Å².